The molecule has 0 radical (unpaired) electrons. The van der Waals surface area contributed by atoms with Crippen molar-refractivity contribution in [3.63, 3.8) is 0 Å². The summed E-state index contributed by atoms with van der Waals surface area (Å²) in [5.74, 6) is 0.237. The van der Waals surface area contributed by atoms with Crippen LogP contribution in [0.3, 0.4) is 0 Å². The number of carbonyl (C=O) groups is 2. The smallest absolute Gasteiger partial charge is 0.319 e. The van der Waals surface area contributed by atoms with Crippen molar-refractivity contribution < 1.29 is 9.59 Å². The Morgan fingerprint density at radius 3 is 2.43 bits per heavy atom. The van der Waals surface area contributed by atoms with Gasteiger partial charge in [0.1, 0.15) is 12.4 Å². The summed E-state index contributed by atoms with van der Waals surface area (Å²) in [5.41, 5.74) is 1.29. The number of carbonyl (C=O) groups excluding carboxylic acids is 2. The van der Waals surface area contributed by atoms with Crippen LogP contribution in [0.4, 0.5) is 10.6 Å². The normalized spacial score (nSPS) is 11.3. The van der Waals surface area contributed by atoms with Gasteiger partial charge in [-0.3, -0.25) is 4.79 Å². The third-order valence-electron chi connectivity index (χ3n) is 4.60. The number of rotatable bonds is 7. The number of hydrogen-bond acceptors (Lipinski definition) is 3. The van der Waals surface area contributed by atoms with E-state index in [1.54, 1.807) is 29.7 Å². The number of nitrogens with zero attached hydrogens (tertiary/aromatic N) is 4. The van der Waals surface area contributed by atoms with E-state index in [1.165, 1.54) is 4.90 Å². The monoisotopic (exact) mass is 433 g/mol. The average Bonchev–Trinajstić information content (AvgIpc) is 3.08. The zero-order valence-electron chi connectivity index (χ0n) is 18.7. The summed E-state index contributed by atoms with van der Waals surface area (Å²) in [6.07, 6.45) is 1.77. The van der Waals surface area contributed by atoms with E-state index in [2.05, 4.69) is 38.1 Å². The molecule has 7 nitrogen and oxygen atoms in total. The zero-order valence-corrected chi connectivity index (χ0v) is 19.5. The van der Waals surface area contributed by atoms with Crippen LogP contribution >= 0.6 is 11.6 Å². The van der Waals surface area contributed by atoms with Crippen LogP contribution in [-0.4, -0.2) is 58.7 Å². The summed E-state index contributed by atoms with van der Waals surface area (Å²) in [4.78, 5) is 28.3. The number of hydrogen-bond donors (Lipinski definition) is 1. The molecule has 0 fully saturated rings. The second kappa shape index (κ2) is 9.98. The molecule has 0 unspecified atom stereocenters. The maximum Gasteiger partial charge on any atom is 0.319 e. The van der Waals surface area contributed by atoms with Gasteiger partial charge < -0.3 is 15.1 Å². The number of benzene rings is 1. The highest BCUT2D eigenvalue weighted by Gasteiger charge is 2.24. The van der Waals surface area contributed by atoms with Gasteiger partial charge >= 0.3 is 6.03 Å². The molecule has 3 amide bonds. The van der Waals surface area contributed by atoms with Crippen molar-refractivity contribution in [3.8, 4) is 5.69 Å². The second-order valence-corrected chi connectivity index (χ2v) is 8.94. The van der Waals surface area contributed by atoms with Gasteiger partial charge in [-0.05, 0) is 18.6 Å². The topological polar surface area (TPSA) is 70.5 Å². The van der Waals surface area contributed by atoms with Gasteiger partial charge in [0.25, 0.3) is 0 Å². The molecule has 1 aromatic carbocycles. The van der Waals surface area contributed by atoms with Crippen LogP contribution in [0, 0.1) is 0 Å². The molecule has 1 heterocycles. The number of halogens is 1. The Morgan fingerprint density at radius 2 is 1.87 bits per heavy atom. The van der Waals surface area contributed by atoms with Gasteiger partial charge in [0, 0.05) is 32.1 Å². The minimum Gasteiger partial charge on any atom is -0.331 e. The Kier molecular flexibility index (Phi) is 7.89. The predicted octanol–water partition coefficient (Wildman–Crippen LogP) is 4.55. The van der Waals surface area contributed by atoms with Crippen LogP contribution in [-0.2, 0) is 10.2 Å². The van der Waals surface area contributed by atoms with Crippen molar-refractivity contribution in [1.29, 1.82) is 0 Å². The molecule has 0 aliphatic rings. The van der Waals surface area contributed by atoms with Crippen molar-refractivity contribution in [1.82, 2.24) is 19.6 Å². The molecule has 0 saturated carbocycles. The van der Waals surface area contributed by atoms with E-state index < -0.39 is 0 Å². The Morgan fingerprint density at radius 1 is 1.20 bits per heavy atom. The second-order valence-electron chi connectivity index (χ2n) is 8.53. The summed E-state index contributed by atoms with van der Waals surface area (Å²) >= 11 is 6.38. The van der Waals surface area contributed by atoms with E-state index in [0.717, 1.165) is 18.5 Å². The molecule has 1 aromatic heterocycles. The largest absolute Gasteiger partial charge is 0.331 e. The van der Waals surface area contributed by atoms with Crippen LogP contribution < -0.4 is 5.32 Å². The lowest BCUT2D eigenvalue weighted by Crippen LogP contribution is -2.44. The van der Waals surface area contributed by atoms with Gasteiger partial charge in [-0.15, -0.1) is 0 Å². The summed E-state index contributed by atoms with van der Waals surface area (Å²) in [5, 5.41) is 8.14. The number of unbranched alkanes of at least 4 members (excludes halogenated alkanes) is 1. The van der Waals surface area contributed by atoms with Gasteiger partial charge in [0.2, 0.25) is 5.91 Å². The number of anilines is 1. The van der Waals surface area contributed by atoms with Crippen molar-refractivity contribution in [3.05, 3.63) is 41.0 Å². The summed E-state index contributed by atoms with van der Waals surface area (Å²) < 4.78 is 1.64. The molecule has 0 atom stereocenters. The Balaban J connectivity index is 2.31. The maximum absolute atomic E-state index is 12.8. The Bertz CT molecular complexity index is 886. The lowest BCUT2D eigenvalue weighted by molar-refractivity contribution is -0.116. The first-order valence-corrected chi connectivity index (χ1v) is 10.5. The fourth-order valence-electron chi connectivity index (χ4n) is 2.87. The molecular weight excluding hydrogens is 402 g/mol. The van der Waals surface area contributed by atoms with Crippen molar-refractivity contribution in [2.24, 2.45) is 0 Å². The van der Waals surface area contributed by atoms with E-state index >= 15 is 0 Å². The molecular formula is C22H32ClN5O2. The highest BCUT2D eigenvalue weighted by atomic mass is 35.5. The minimum absolute atomic E-state index is 0.0322. The average molecular weight is 434 g/mol. The first-order valence-electron chi connectivity index (χ1n) is 10.2. The van der Waals surface area contributed by atoms with Gasteiger partial charge in [-0.2, -0.15) is 5.10 Å². The molecule has 164 valence electrons. The molecule has 8 heteroatoms. The summed E-state index contributed by atoms with van der Waals surface area (Å²) in [7, 11) is 3.36. The van der Waals surface area contributed by atoms with Gasteiger partial charge in [-0.1, -0.05) is 57.8 Å². The molecule has 0 aliphatic carbocycles. The van der Waals surface area contributed by atoms with E-state index in [4.69, 9.17) is 11.6 Å². The maximum atomic E-state index is 12.8. The third-order valence-corrected chi connectivity index (χ3v) is 4.91. The van der Waals surface area contributed by atoms with Crippen LogP contribution in [0.15, 0.2) is 30.3 Å². The molecule has 1 N–H and O–H groups in total. The fraction of sp³-hybridized carbons (Fsp3) is 0.500. The first kappa shape index (κ1) is 23.7. The third kappa shape index (κ3) is 5.98. The fourth-order valence-corrected chi connectivity index (χ4v) is 3.09. The van der Waals surface area contributed by atoms with Crippen LogP contribution in [0.1, 0.15) is 46.2 Å². The highest BCUT2D eigenvalue weighted by Crippen LogP contribution is 2.29. The van der Waals surface area contributed by atoms with E-state index in [1.807, 2.05) is 24.3 Å². The van der Waals surface area contributed by atoms with Crippen LogP contribution in [0.5, 0.6) is 0 Å². The standard InChI is InChI=1S/C22H32ClN5O2/c1-7-8-13-27(21(30)26(5)6)15-20(29)24-19-14-18(22(2,3)4)25-28(19)17-12-10-9-11-16(17)23/h9-12,14H,7-8,13,15H2,1-6H3,(H,24,29). The quantitative estimate of drug-likeness (QED) is 0.696. The number of urea groups is 1. The molecule has 0 bridgehead atoms. The zero-order chi connectivity index (χ0) is 22.5. The van der Waals surface area contributed by atoms with E-state index in [-0.39, 0.29) is 23.9 Å². The number of aromatic nitrogens is 2. The highest BCUT2D eigenvalue weighted by molar-refractivity contribution is 6.32. The number of nitrogens with one attached hydrogen (secondary N) is 1. The predicted molar refractivity (Wildman–Crippen MR) is 121 cm³/mol. The SMILES string of the molecule is CCCCN(CC(=O)Nc1cc(C(C)(C)C)nn1-c1ccccc1Cl)C(=O)N(C)C. The minimum atomic E-state index is -0.282. The van der Waals surface area contributed by atoms with Crippen LogP contribution in [0.25, 0.3) is 5.69 Å². The van der Waals surface area contributed by atoms with E-state index in [0.29, 0.717) is 23.1 Å². The van der Waals surface area contributed by atoms with Crippen molar-refractivity contribution in [2.45, 2.75) is 46.0 Å². The Hall–Kier alpha value is -2.54. The molecule has 30 heavy (non-hydrogen) atoms. The Labute approximate surface area is 184 Å². The van der Waals surface area contributed by atoms with Gasteiger partial charge in [0.15, 0.2) is 0 Å². The number of para-hydroxylation sites is 1. The molecule has 0 aliphatic heterocycles. The molecule has 2 rings (SSSR count). The first-order chi connectivity index (χ1) is 14.0. The summed E-state index contributed by atoms with van der Waals surface area (Å²) in [6, 6.07) is 9.01. The van der Waals surface area contributed by atoms with Crippen molar-refractivity contribution in [2.75, 3.05) is 32.5 Å². The number of amides is 3. The van der Waals surface area contributed by atoms with Gasteiger partial charge in [-0.25, -0.2) is 9.48 Å². The molecule has 0 spiro atoms. The molecule has 0 saturated heterocycles. The van der Waals surface area contributed by atoms with E-state index in [9.17, 15) is 9.59 Å². The van der Waals surface area contributed by atoms with Crippen LogP contribution in [0.2, 0.25) is 5.02 Å². The summed E-state index contributed by atoms with van der Waals surface area (Å²) in [6.45, 7) is 8.71. The lowest BCUT2D eigenvalue weighted by atomic mass is 9.92. The molecule has 2 aromatic rings. The van der Waals surface area contributed by atoms with Crippen molar-refractivity contribution >= 4 is 29.4 Å². The lowest BCUT2D eigenvalue weighted by Gasteiger charge is -2.25. The van der Waals surface area contributed by atoms with Gasteiger partial charge in [0.05, 0.1) is 16.4 Å².